The van der Waals surface area contributed by atoms with Crippen LogP contribution in [0.5, 0.6) is 0 Å². The highest BCUT2D eigenvalue weighted by atomic mass is 16.2. The van der Waals surface area contributed by atoms with Gasteiger partial charge in [-0.15, -0.1) is 0 Å². The zero-order chi connectivity index (χ0) is 13.6. The van der Waals surface area contributed by atoms with Crippen molar-refractivity contribution in [2.75, 3.05) is 19.6 Å². The van der Waals surface area contributed by atoms with Gasteiger partial charge < -0.3 is 10.6 Å². The normalized spacial score (nSPS) is 18.8. The van der Waals surface area contributed by atoms with Gasteiger partial charge in [-0.1, -0.05) is 20.8 Å². The fourth-order valence-corrected chi connectivity index (χ4v) is 2.81. The van der Waals surface area contributed by atoms with E-state index >= 15 is 0 Å². The first-order chi connectivity index (χ1) is 8.45. The van der Waals surface area contributed by atoms with Crippen LogP contribution in [0.1, 0.15) is 59.3 Å². The molecule has 1 amide bonds. The number of nitrogens with zero attached hydrogens (tertiary/aromatic N) is 1. The second kappa shape index (κ2) is 7.13. The zero-order valence-electron chi connectivity index (χ0n) is 12.4. The van der Waals surface area contributed by atoms with Crippen molar-refractivity contribution in [3.8, 4) is 0 Å². The lowest BCUT2D eigenvalue weighted by Crippen LogP contribution is -2.36. The van der Waals surface area contributed by atoms with Crippen molar-refractivity contribution in [3.63, 3.8) is 0 Å². The quantitative estimate of drug-likeness (QED) is 0.820. The van der Waals surface area contributed by atoms with Crippen LogP contribution >= 0.6 is 0 Å². The summed E-state index contributed by atoms with van der Waals surface area (Å²) in [5, 5.41) is 0. The van der Waals surface area contributed by atoms with E-state index in [1.807, 2.05) is 4.90 Å². The second-order valence-electron chi connectivity index (χ2n) is 6.62. The molecule has 0 aliphatic carbocycles. The summed E-state index contributed by atoms with van der Waals surface area (Å²) in [7, 11) is 0. The first-order valence-corrected chi connectivity index (χ1v) is 7.43. The second-order valence-corrected chi connectivity index (χ2v) is 6.62. The highest BCUT2D eigenvalue weighted by Crippen LogP contribution is 2.32. The lowest BCUT2D eigenvalue weighted by Gasteiger charge is -2.32. The van der Waals surface area contributed by atoms with Crippen LogP contribution < -0.4 is 5.73 Å². The summed E-state index contributed by atoms with van der Waals surface area (Å²) in [5.74, 6) is 0.900. The molecule has 0 spiro atoms. The van der Waals surface area contributed by atoms with Crippen LogP contribution in [-0.4, -0.2) is 30.4 Å². The van der Waals surface area contributed by atoms with E-state index in [0.29, 0.717) is 18.2 Å². The number of hydrogen-bond acceptors (Lipinski definition) is 2. The Morgan fingerprint density at radius 1 is 1.17 bits per heavy atom. The Labute approximate surface area is 112 Å². The smallest absolute Gasteiger partial charge is 0.222 e. The van der Waals surface area contributed by atoms with Gasteiger partial charge in [0.15, 0.2) is 0 Å². The number of carbonyl (C=O) groups excluding carboxylic acids is 1. The number of carbonyl (C=O) groups is 1. The van der Waals surface area contributed by atoms with Crippen LogP contribution in [0.4, 0.5) is 0 Å². The molecule has 3 nitrogen and oxygen atoms in total. The summed E-state index contributed by atoms with van der Waals surface area (Å²) >= 11 is 0. The molecule has 1 fully saturated rings. The van der Waals surface area contributed by atoms with Gasteiger partial charge in [-0.2, -0.15) is 0 Å². The standard InChI is InChI=1S/C15H30N2O/c1-15(2,3)13(9-10-16)7-8-14(18)17-11-5-4-6-12-17/h13H,4-12,16H2,1-3H3. The summed E-state index contributed by atoms with van der Waals surface area (Å²) in [5.41, 5.74) is 5.93. The monoisotopic (exact) mass is 254 g/mol. The number of rotatable bonds is 5. The van der Waals surface area contributed by atoms with Gasteiger partial charge in [0.05, 0.1) is 0 Å². The van der Waals surface area contributed by atoms with E-state index in [9.17, 15) is 4.79 Å². The number of hydrogen-bond donors (Lipinski definition) is 1. The fraction of sp³-hybridized carbons (Fsp3) is 0.933. The molecule has 18 heavy (non-hydrogen) atoms. The van der Waals surface area contributed by atoms with Crippen molar-refractivity contribution in [1.29, 1.82) is 0 Å². The predicted octanol–water partition coefficient (Wildman–Crippen LogP) is 2.79. The number of amides is 1. The Morgan fingerprint density at radius 2 is 1.78 bits per heavy atom. The summed E-state index contributed by atoms with van der Waals surface area (Å²) in [6, 6.07) is 0. The first-order valence-electron chi connectivity index (χ1n) is 7.43. The van der Waals surface area contributed by atoms with Gasteiger partial charge >= 0.3 is 0 Å². The van der Waals surface area contributed by atoms with E-state index in [0.717, 1.165) is 32.5 Å². The van der Waals surface area contributed by atoms with Gasteiger partial charge in [-0.05, 0) is 50.0 Å². The molecule has 0 aromatic carbocycles. The van der Waals surface area contributed by atoms with Crippen molar-refractivity contribution in [2.24, 2.45) is 17.1 Å². The van der Waals surface area contributed by atoms with Crippen LogP contribution in [0, 0.1) is 11.3 Å². The average molecular weight is 254 g/mol. The molecule has 1 heterocycles. The Morgan fingerprint density at radius 3 is 2.28 bits per heavy atom. The minimum absolute atomic E-state index is 0.252. The van der Waals surface area contributed by atoms with Crippen molar-refractivity contribution in [1.82, 2.24) is 4.90 Å². The van der Waals surface area contributed by atoms with E-state index in [1.165, 1.54) is 19.3 Å². The molecule has 3 heteroatoms. The minimum atomic E-state index is 0.252. The van der Waals surface area contributed by atoms with E-state index < -0.39 is 0 Å². The molecule has 2 N–H and O–H groups in total. The van der Waals surface area contributed by atoms with E-state index in [-0.39, 0.29) is 5.41 Å². The van der Waals surface area contributed by atoms with Crippen molar-refractivity contribution in [2.45, 2.75) is 59.3 Å². The molecule has 0 aromatic heterocycles. The summed E-state index contributed by atoms with van der Waals surface area (Å²) in [6.45, 7) is 9.40. The number of piperidine rings is 1. The Bertz CT molecular complexity index is 252. The van der Waals surface area contributed by atoms with Gasteiger partial charge in [0.2, 0.25) is 5.91 Å². The minimum Gasteiger partial charge on any atom is -0.343 e. The molecule has 0 saturated carbocycles. The molecule has 106 valence electrons. The summed E-state index contributed by atoms with van der Waals surface area (Å²) in [6.07, 6.45) is 6.34. The topological polar surface area (TPSA) is 46.3 Å². The van der Waals surface area contributed by atoms with Gasteiger partial charge in [0.25, 0.3) is 0 Å². The van der Waals surface area contributed by atoms with Crippen LogP contribution in [0.2, 0.25) is 0 Å². The van der Waals surface area contributed by atoms with Gasteiger partial charge in [-0.25, -0.2) is 0 Å². The zero-order valence-corrected chi connectivity index (χ0v) is 12.4. The Kier molecular flexibility index (Phi) is 6.13. The van der Waals surface area contributed by atoms with Crippen LogP contribution in [0.3, 0.4) is 0 Å². The Hall–Kier alpha value is -0.570. The molecule has 0 aromatic rings. The van der Waals surface area contributed by atoms with Crippen molar-refractivity contribution < 1.29 is 4.79 Å². The molecular weight excluding hydrogens is 224 g/mol. The van der Waals surface area contributed by atoms with Crippen molar-refractivity contribution in [3.05, 3.63) is 0 Å². The maximum atomic E-state index is 12.1. The highest BCUT2D eigenvalue weighted by molar-refractivity contribution is 5.76. The lowest BCUT2D eigenvalue weighted by atomic mass is 9.76. The molecule has 0 radical (unpaired) electrons. The fourth-order valence-electron chi connectivity index (χ4n) is 2.81. The first kappa shape index (κ1) is 15.5. The van der Waals surface area contributed by atoms with Crippen molar-refractivity contribution >= 4 is 5.91 Å². The summed E-state index contributed by atoms with van der Waals surface area (Å²) in [4.78, 5) is 14.2. The lowest BCUT2D eigenvalue weighted by molar-refractivity contribution is -0.132. The van der Waals surface area contributed by atoms with Gasteiger partial charge in [0, 0.05) is 19.5 Å². The van der Waals surface area contributed by atoms with Crippen LogP contribution in [0.15, 0.2) is 0 Å². The maximum Gasteiger partial charge on any atom is 0.222 e. The van der Waals surface area contributed by atoms with E-state index in [2.05, 4.69) is 20.8 Å². The highest BCUT2D eigenvalue weighted by Gasteiger charge is 2.25. The number of likely N-dealkylation sites (tertiary alicyclic amines) is 1. The average Bonchev–Trinajstić information content (AvgIpc) is 2.33. The van der Waals surface area contributed by atoms with E-state index in [1.54, 1.807) is 0 Å². The molecule has 1 aliphatic rings. The molecule has 1 rings (SSSR count). The molecule has 1 saturated heterocycles. The third-order valence-corrected chi connectivity index (χ3v) is 4.16. The maximum absolute atomic E-state index is 12.1. The third-order valence-electron chi connectivity index (χ3n) is 4.16. The molecule has 1 aliphatic heterocycles. The largest absolute Gasteiger partial charge is 0.343 e. The third kappa shape index (κ3) is 4.97. The molecular formula is C15H30N2O. The van der Waals surface area contributed by atoms with Gasteiger partial charge in [0.1, 0.15) is 0 Å². The SMILES string of the molecule is CC(C)(C)C(CCN)CCC(=O)N1CCCCC1. The van der Waals surface area contributed by atoms with Gasteiger partial charge in [-0.3, -0.25) is 4.79 Å². The molecule has 0 bridgehead atoms. The van der Waals surface area contributed by atoms with E-state index in [4.69, 9.17) is 5.73 Å². The Balaban J connectivity index is 2.38. The van der Waals surface area contributed by atoms with Crippen LogP contribution in [-0.2, 0) is 4.79 Å². The molecule has 1 atom stereocenters. The number of nitrogens with two attached hydrogens (primary N) is 1. The summed E-state index contributed by atoms with van der Waals surface area (Å²) < 4.78 is 0. The predicted molar refractivity (Wildman–Crippen MR) is 76.3 cm³/mol. The molecule has 1 unspecified atom stereocenters. The van der Waals surface area contributed by atoms with Crippen LogP contribution in [0.25, 0.3) is 0 Å².